The van der Waals surface area contributed by atoms with Crippen molar-refractivity contribution < 1.29 is 31.9 Å². The number of anilines is 1. The first kappa shape index (κ1) is 24.5. The second kappa shape index (κ2) is 8.86. The highest BCUT2D eigenvalue weighted by molar-refractivity contribution is 6.10. The minimum Gasteiger partial charge on any atom is -0.341 e. The van der Waals surface area contributed by atoms with Gasteiger partial charge in [0, 0.05) is 37.3 Å². The Morgan fingerprint density at radius 3 is 2.17 bits per heavy atom. The smallest absolute Gasteiger partial charge is 0.317 e. The van der Waals surface area contributed by atoms with Crippen LogP contribution in [0.3, 0.4) is 0 Å². The molecule has 0 unspecified atom stereocenters. The van der Waals surface area contributed by atoms with Crippen molar-refractivity contribution in [3.8, 4) is 0 Å². The first-order valence-corrected chi connectivity index (χ1v) is 10.9. The molecule has 35 heavy (non-hydrogen) atoms. The fraction of sp³-hybridized carbons (Fsp3) is 0.375. The van der Waals surface area contributed by atoms with Gasteiger partial charge in [0.1, 0.15) is 6.54 Å². The molecule has 1 N–H and O–H groups in total. The largest absolute Gasteiger partial charge is 0.341 e. The van der Waals surface area contributed by atoms with Crippen LogP contribution in [0.25, 0.3) is 0 Å². The third-order valence-corrected chi connectivity index (χ3v) is 6.42. The zero-order valence-electron chi connectivity index (χ0n) is 19.1. The fourth-order valence-corrected chi connectivity index (χ4v) is 4.42. The van der Waals surface area contributed by atoms with Crippen molar-refractivity contribution in [2.24, 2.45) is 0 Å². The zero-order chi connectivity index (χ0) is 25.5. The Bertz CT molecular complexity index is 1130. The molecule has 0 radical (unpaired) electrons. The van der Waals surface area contributed by atoms with Gasteiger partial charge in [0.2, 0.25) is 5.91 Å². The maximum atomic E-state index is 13.7. The number of hydrogen-bond donors (Lipinski definition) is 1. The average molecular weight is 492 g/mol. The lowest BCUT2D eigenvalue weighted by Crippen LogP contribution is -2.81. The number of benzene rings is 2. The Hall–Kier alpha value is -3.63. The molecule has 2 aromatic carbocycles. The van der Waals surface area contributed by atoms with Gasteiger partial charge in [-0.25, -0.2) is 22.4 Å². The van der Waals surface area contributed by atoms with E-state index in [0.717, 1.165) is 6.92 Å². The Kier molecular flexibility index (Phi) is 6.20. The molecule has 0 atom stereocenters. The molecule has 2 heterocycles. The number of carbonyl (C=O) groups excluding carboxylic acids is 3. The number of hydrogen-bond acceptors (Lipinski definition) is 3. The second-order valence-electron chi connectivity index (χ2n) is 8.79. The molecule has 2 aliphatic rings. The monoisotopic (exact) mass is 492 g/mol. The van der Waals surface area contributed by atoms with Gasteiger partial charge >= 0.3 is 6.03 Å². The van der Waals surface area contributed by atoms with E-state index >= 15 is 0 Å². The van der Waals surface area contributed by atoms with E-state index in [1.54, 1.807) is 0 Å². The van der Waals surface area contributed by atoms with Crippen molar-refractivity contribution in [1.82, 2.24) is 15.1 Å². The van der Waals surface area contributed by atoms with Crippen LogP contribution in [-0.4, -0.2) is 59.9 Å². The highest BCUT2D eigenvalue weighted by Gasteiger charge is 2.60. The SMILES string of the molecule is CNC(=O)N1CC2(C1)C(=O)N(c1ccc(C(F)F)cc1)CC(=O)N2Cc1ccc(C(C)(F)F)cc1. The first-order valence-electron chi connectivity index (χ1n) is 10.9. The Balaban J connectivity index is 1.64. The molecule has 7 nitrogen and oxygen atoms in total. The lowest BCUT2D eigenvalue weighted by molar-refractivity contribution is -0.161. The summed E-state index contributed by atoms with van der Waals surface area (Å²) in [6.07, 6.45) is -2.67. The molecule has 2 fully saturated rings. The molecule has 11 heteroatoms. The van der Waals surface area contributed by atoms with Crippen molar-refractivity contribution in [3.63, 3.8) is 0 Å². The van der Waals surface area contributed by atoms with E-state index in [9.17, 15) is 31.9 Å². The van der Waals surface area contributed by atoms with Gasteiger partial charge in [0.25, 0.3) is 18.3 Å². The first-order chi connectivity index (χ1) is 16.5. The van der Waals surface area contributed by atoms with Crippen LogP contribution < -0.4 is 10.2 Å². The van der Waals surface area contributed by atoms with Gasteiger partial charge in [-0.3, -0.25) is 9.59 Å². The average Bonchev–Trinajstić information content (AvgIpc) is 2.79. The van der Waals surface area contributed by atoms with Gasteiger partial charge in [-0.1, -0.05) is 36.4 Å². The lowest BCUT2D eigenvalue weighted by atomic mass is 9.83. The lowest BCUT2D eigenvalue weighted by Gasteiger charge is -2.57. The molecule has 4 rings (SSSR count). The minimum absolute atomic E-state index is 0.0140. The topological polar surface area (TPSA) is 73.0 Å². The Morgan fingerprint density at radius 2 is 1.66 bits per heavy atom. The quantitative estimate of drug-likeness (QED) is 0.650. The van der Waals surface area contributed by atoms with Gasteiger partial charge < -0.3 is 20.0 Å². The number of nitrogens with one attached hydrogen (secondary N) is 1. The van der Waals surface area contributed by atoms with E-state index in [4.69, 9.17) is 0 Å². The zero-order valence-corrected chi connectivity index (χ0v) is 19.1. The number of piperazine rings is 1. The summed E-state index contributed by atoms with van der Waals surface area (Å²) < 4.78 is 53.0. The van der Waals surface area contributed by atoms with Gasteiger partial charge in [0.05, 0.1) is 13.1 Å². The van der Waals surface area contributed by atoms with Crippen molar-refractivity contribution in [2.45, 2.75) is 31.4 Å². The molecule has 4 amide bonds. The molecular formula is C24H24F4N4O3. The number of likely N-dealkylation sites (tertiary alicyclic amines) is 1. The van der Waals surface area contributed by atoms with Gasteiger partial charge in [0.15, 0.2) is 5.54 Å². The summed E-state index contributed by atoms with van der Waals surface area (Å²) in [6.45, 7) is 0.329. The van der Waals surface area contributed by atoms with Crippen molar-refractivity contribution >= 4 is 23.5 Å². The molecule has 2 aliphatic heterocycles. The third kappa shape index (κ3) is 4.42. The van der Waals surface area contributed by atoms with Crippen LogP contribution in [-0.2, 0) is 22.1 Å². The number of carbonyl (C=O) groups is 3. The van der Waals surface area contributed by atoms with Crippen molar-refractivity contribution in [3.05, 3.63) is 65.2 Å². The van der Waals surface area contributed by atoms with Gasteiger partial charge in [-0.15, -0.1) is 0 Å². The normalized spacial score (nSPS) is 17.7. The number of nitrogens with zero attached hydrogens (tertiary/aromatic N) is 3. The number of rotatable bonds is 5. The van der Waals surface area contributed by atoms with E-state index in [0.29, 0.717) is 11.3 Å². The van der Waals surface area contributed by atoms with E-state index < -0.39 is 35.7 Å². The minimum atomic E-state index is -3.01. The van der Waals surface area contributed by atoms with Crippen LogP contribution in [0.2, 0.25) is 0 Å². The third-order valence-electron chi connectivity index (χ3n) is 6.42. The van der Waals surface area contributed by atoms with E-state index in [1.165, 1.54) is 70.3 Å². The predicted molar refractivity (Wildman–Crippen MR) is 119 cm³/mol. The summed E-state index contributed by atoms with van der Waals surface area (Å²) in [7, 11) is 1.45. The highest BCUT2D eigenvalue weighted by atomic mass is 19.3. The van der Waals surface area contributed by atoms with Gasteiger partial charge in [-0.05, 0) is 17.7 Å². The van der Waals surface area contributed by atoms with Crippen molar-refractivity contribution in [2.75, 3.05) is 31.6 Å². The highest BCUT2D eigenvalue weighted by Crippen LogP contribution is 2.37. The van der Waals surface area contributed by atoms with E-state index in [1.807, 2.05) is 0 Å². The maximum Gasteiger partial charge on any atom is 0.317 e. The molecule has 0 aromatic heterocycles. The second-order valence-corrected chi connectivity index (χ2v) is 8.79. The van der Waals surface area contributed by atoms with Crippen LogP contribution in [0.4, 0.5) is 28.0 Å². The summed E-state index contributed by atoms with van der Waals surface area (Å²) in [5.41, 5.74) is -0.913. The standard InChI is InChI=1S/C24H24F4N4O3/c1-23(27,28)17-7-3-15(4-8-17)11-32-19(33)12-31(18-9-5-16(6-10-18)20(25)26)21(34)24(32)13-30(14-24)22(35)29-2/h3-10,20H,11-14H2,1-2H3,(H,29,35). The van der Waals surface area contributed by atoms with Crippen LogP contribution in [0, 0.1) is 0 Å². The van der Waals surface area contributed by atoms with Crippen LogP contribution in [0.1, 0.15) is 30.0 Å². The number of urea groups is 1. The molecular weight excluding hydrogens is 468 g/mol. The molecule has 2 saturated heterocycles. The summed E-state index contributed by atoms with van der Waals surface area (Å²) in [4.78, 5) is 43.0. The maximum absolute atomic E-state index is 13.7. The van der Waals surface area contributed by atoms with Crippen LogP contribution in [0.15, 0.2) is 48.5 Å². The number of alkyl halides is 4. The Morgan fingerprint density at radius 1 is 1.06 bits per heavy atom. The number of amides is 4. The molecule has 1 spiro atoms. The van der Waals surface area contributed by atoms with Crippen molar-refractivity contribution in [1.29, 1.82) is 0 Å². The van der Waals surface area contributed by atoms with Gasteiger partial charge in [-0.2, -0.15) is 0 Å². The summed E-state index contributed by atoms with van der Waals surface area (Å²) in [6, 6.07) is 10.2. The van der Waals surface area contributed by atoms with Crippen LogP contribution in [0.5, 0.6) is 0 Å². The van der Waals surface area contributed by atoms with E-state index in [2.05, 4.69) is 5.32 Å². The summed E-state index contributed by atoms with van der Waals surface area (Å²) >= 11 is 0. The predicted octanol–water partition coefficient (Wildman–Crippen LogP) is 3.51. The van der Waals surface area contributed by atoms with E-state index in [-0.39, 0.29) is 37.3 Å². The van der Waals surface area contributed by atoms with Crippen LogP contribution >= 0.6 is 0 Å². The molecule has 186 valence electrons. The summed E-state index contributed by atoms with van der Waals surface area (Å²) in [5, 5.41) is 2.48. The Labute approximate surface area is 199 Å². The summed E-state index contributed by atoms with van der Waals surface area (Å²) in [5.74, 6) is -3.87. The molecule has 0 saturated carbocycles. The molecule has 0 aliphatic carbocycles. The molecule has 0 bridgehead atoms. The molecule has 2 aromatic rings. The fourth-order valence-electron chi connectivity index (χ4n) is 4.42. The number of halogens is 4.